The second-order valence-corrected chi connectivity index (χ2v) is 6.33. The molecule has 0 aromatic carbocycles. The van der Waals surface area contributed by atoms with Crippen molar-refractivity contribution in [3.8, 4) is 0 Å². The van der Waals surface area contributed by atoms with Crippen LogP contribution in [-0.2, 0) is 9.59 Å². The largest absolute Gasteiger partial charge is 0.481 e. The van der Waals surface area contributed by atoms with E-state index >= 15 is 0 Å². The van der Waals surface area contributed by atoms with Crippen LogP contribution < -0.4 is 5.73 Å². The number of carboxylic acid groups (broad SMARTS) is 1. The molecule has 1 aliphatic carbocycles. The average Bonchev–Trinajstić information content (AvgIpc) is 2.82. The van der Waals surface area contributed by atoms with Crippen molar-refractivity contribution < 1.29 is 14.7 Å². The Balaban J connectivity index is 1.90. The van der Waals surface area contributed by atoms with Crippen molar-refractivity contribution in [1.29, 1.82) is 0 Å². The van der Waals surface area contributed by atoms with Crippen LogP contribution in [-0.4, -0.2) is 41.5 Å². The highest BCUT2D eigenvalue weighted by atomic mass is 16.4. The molecule has 1 aliphatic heterocycles. The molecule has 1 unspecified atom stereocenters. The van der Waals surface area contributed by atoms with Gasteiger partial charge in [0.05, 0.1) is 5.41 Å². The van der Waals surface area contributed by atoms with Gasteiger partial charge in [0, 0.05) is 19.0 Å². The zero-order valence-corrected chi connectivity index (χ0v) is 11.6. The van der Waals surface area contributed by atoms with Crippen molar-refractivity contribution in [2.24, 2.45) is 23.0 Å². The van der Waals surface area contributed by atoms with E-state index in [-0.39, 0.29) is 11.8 Å². The van der Waals surface area contributed by atoms with E-state index in [0.29, 0.717) is 32.0 Å². The summed E-state index contributed by atoms with van der Waals surface area (Å²) in [5.41, 5.74) is 4.90. The third kappa shape index (κ3) is 2.91. The predicted octanol–water partition coefficient (Wildman–Crippen LogP) is 1.07. The van der Waals surface area contributed by atoms with Crippen LogP contribution in [0.5, 0.6) is 0 Å². The minimum absolute atomic E-state index is 0.0824. The van der Waals surface area contributed by atoms with Gasteiger partial charge in [0.15, 0.2) is 0 Å². The molecule has 1 heterocycles. The van der Waals surface area contributed by atoms with Gasteiger partial charge in [-0.3, -0.25) is 9.59 Å². The molecule has 0 spiro atoms. The summed E-state index contributed by atoms with van der Waals surface area (Å²) in [4.78, 5) is 25.4. The lowest BCUT2D eigenvalue weighted by molar-refractivity contribution is -0.147. The lowest BCUT2D eigenvalue weighted by Crippen LogP contribution is -2.39. The number of amides is 1. The number of aliphatic carboxylic acids is 1. The standard InChI is InChI=1S/C14H24N2O3/c1-14(13(18)19)6-7-16(9-14)12(17)11-4-2-10(8-15)3-5-11/h10-11H,2-9,15H2,1H3,(H,18,19). The van der Waals surface area contributed by atoms with E-state index in [2.05, 4.69) is 0 Å². The number of carbonyl (C=O) groups is 2. The molecular formula is C14H24N2O3. The Morgan fingerprint density at radius 3 is 2.42 bits per heavy atom. The van der Waals surface area contributed by atoms with E-state index in [1.807, 2.05) is 0 Å². The molecule has 0 radical (unpaired) electrons. The smallest absolute Gasteiger partial charge is 0.311 e. The molecule has 0 aromatic heterocycles. The van der Waals surface area contributed by atoms with Crippen LogP contribution >= 0.6 is 0 Å². The number of carbonyl (C=O) groups excluding carboxylic acids is 1. The number of carboxylic acids is 1. The van der Waals surface area contributed by atoms with Crippen LogP contribution in [0.2, 0.25) is 0 Å². The van der Waals surface area contributed by atoms with Crippen LogP contribution in [0.25, 0.3) is 0 Å². The monoisotopic (exact) mass is 268 g/mol. The predicted molar refractivity (Wildman–Crippen MR) is 71.4 cm³/mol. The first-order valence-electron chi connectivity index (χ1n) is 7.18. The molecule has 1 saturated heterocycles. The van der Waals surface area contributed by atoms with E-state index in [9.17, 15) is 14.7 Å². The summed E-state index contributed by atoms with van der Waals surface area (Å²) in [6.07, 6.45) is 4.42. The molecule has 0 bridgehead atoms. The number of nitrogens with zero attached hydrogens (tertiary/aromatic N) is 1. The number of nitrogens with two attached hydrogens (primary N) is 1. The van der Waals surface area contributed by atoms with Crippen molar-refractivity contribution in [1.82, 2.24) is 4.90 Å². The van der Waals surface area contributed by atoms with Gasteiger partial charge in [-0.05, 0) is 51.5 Å². The highest BCUT2D eigenvalue weighted by Crippen LogP contribution is 2.34. The highest BCUT2D eigenvalue weighted by Gasteiger charge is 2.43. The van der Waals surface area contributed by atoms with Crippen molar-refractivity contribution in [3.05, 3.63) is 0 Å². The molecular weight excluding hydrogens is 244 g/mol. The van der Waals surface area contributed by atoms with Crippen LogP contribution in [0.4, 0.5) is 0 Å². The van der Waals surface area contributed by atoms with Gasteiger partial charge in [0.2, 0.25) is 5.91 Å². The van der Waals surface area contributed by atoms with E-state index < -0.39 is 11.4 Å². The normalized spacial score (nSPS) is 35.4. The van der Waals surface area contributed by atoms with Gasteiger partial charge >= 0.3 is 5.97 Å². The van der Waals surface area contributed by atoms with Crippen LogP contribution in [0.3, 0.4) is 0 Å². The SMILES string of the molecule is CC1(C(=O)O)CCN(C(=O)C2CCC(CN)CC2)C1. The van der Waals surface area contributed by atoms with Crippen molar-refractivity contribution in [2.75, 3.05) is 19.6 Å². The second kappa shape index (κ2) is 5.49. The van der Waals surface area contributed by atoms with Crippen molar-refractivity contribution in [2.45, 2.75) is 39.0 Å². The Bertz CT molecular complexity index is 364. The Hall–Kier alpha value is -1.10. The molecule has 0 aromatic rings. The molecule has 1 amide bonds. The Labute approximate surface area is 114 Å². The minimum atomic E-state index is -0.797. The summed E-state index contributed by atoms with van der Waals surface area (Å²) in [6, 6.07) is 0. The number of hydrogen-bond acceptors (Lipinski definition) is 3. The highest BCUT2D eigenvalue weighted by molar-refractivity contribution is 5.82. The average molecular weight is 268 g/mol. The molecule has 2 fully saturated rings. The van der Waals surface area contributed by atoms with Gasteiger partial charge in [0.25, 0.3) is 0 Å². The lowest BCUT2D eigenvalue weighted by atomic mass is 9.81. The lowest BCUT2D eigenvalue weighted by Gasteiger charge is -2.30. The zero-order chi connectivity index (χ0) is 14.0. The zero-order valence-electron chi connectivity index (χ0n) is 11.6. The quantitative estimate of drug-likeness (QED) is 0.802. The van der Waals surface area contributed by atoms with Crippen molar-refractivity contribution in [3.63, 3.8) is 0 Å². The maximum atomic E-state index is 12.4. The fraction of sp³-hybridized carbons (Fsp3) is 0.857. The van der Waals surface area contributed by atoms with Gasteiger partial charge in [-0.25, -0.2) is 0 Å². The van der Waals surface area contributed by atoms with Gasteiger partial charge in [0.1, 0.15) is 0 Å². The maximum Gasteiger partial charge on any atom is 0.311 e. The van der Waals surface area contributed by atoms with E-state index in [4.69, 9.17) is 5.73 Å². The van der Waals surface area contributed by atoms with Gasteiger partial charge in [-0.2, -0.15) is 0 Å². The third-order valence-corrected chi connectivity index (χ3v) is 4.83. The number of likely N-dealkylation sites (tertiary alicyclic amines) is 1. The first-order chi connectivity index (χ1) is 8.96. The summed E-state index contributed by atoms with van der Waals surface area (Å²) in [6.45, 7) is 3.38. The summed E-state index contributed by atoms with van der Waals surface area (Å²) in [5.74, 6) is 0.000875. The first kappa shape index (κ1) is 14.3. The topological polar surface area (TPSA) is 83.6 Å². The van der Waals surface area contributed by atoms with E-state index in [1.54, 1.807) is 11.8 Å². The molecule has 1 saturated carbocycles. The number of hydrogen-bond donors (Lipinski definition) is 2. The molecule has 5 nitrogen and oxygen atoms in total. The van der Waals surface area contributed by atoms with Crippen molar-refractivity contribution >= 4 is 11.9 Å². The minimum Gasteiger partial charge on any atom is -0.481 e. The molecule has 5 heteroatoms. The fourth-order valence-corrected chi connectivity index (χ4v) is 3.23. The summed E-state index contributed by atoms with van der Waals surface area (Å²) in [5, 5.41) is 9.20. The Morgan fingerprint density at radius 1 is 1.32 bits per heavy atom. The van der Waals surface area contributed by atoms with Gasteiger partial charge in [-0.15, -0.1) is 0 Å². The molecule has 2 rings (SSSR count). The molecule has 2 aliphatic rings. The number of rotatable bonds is 3. The van der Waals surface area contributed by atoms with E-state index in [1.165, 1.54) is 0 Å². The molecule has 1 atom stereocenters. The van der Waals surface area contributed by atoms with Gasteiger partial charge in [-0.1, -0.05) is 0 Å². The first-order valence-corrected chi connectivity index (χ1v) is 7.18. The van der Waals surface area contributed by atoms with E-state index in [0.717, 1.165) is 25.7 Å². The molecule has 19 heavy (non-hydrogen) atoms. The maximum absolute atomic E-state index is 12.4. The molecule has 3 N–H and O–H groups in total. The van der Waals surface area contributed by atoms with Crippen LogP contribution in [0.15, 0.2) is 0 Å². The summed E-state index contributed by atoms with van der Waals surface area (Å²) in [7, 11) is 0. The van der Waals surface area contributed by atoms with Gasteiger partial charge < -0.3 is 15.7 Å². The Kier molecular flexibility index (Phi) is 4.13. The summed E-state index contributed by atoms with van der Waals surface area (Å²) >= 11 is 0. The molecule has 108 valence electrons. The second-order valence-electron chi connectivity index (χ2n) is 6.33. The Morgan fingerprint density at radius 2 is 1.95 bits per heavy atom. The third-order valence-electron chi connectivity index (χ3n) is 4.83. The fourth-order valence-electron chi connectivity index (χ4n) is 3.23. The van der Waals surface area contributed by atoms with Crippen LogP contribution in [0.1, 0.15) is 39.0 Å². The summed E-state index contributed by atoms with van der Waals surface area (Å²) < 4.78 is 0. The van der Waals surface area contributed by atoms with Crippen LogP contribution in [0, 0.1) is 17.3 Å².